The van der Waals surface area contributed by atoms with Crippen molar-refractivity contribution in [3.63, 3.8) is 0 Å². The highest BCUT2D eigenvalue weighted by molar-refractivity contribution is 9.10. The molecular formula is C19H27BrN8O3S. The summed E-state index contributed by atoms with van der Waals surface area (Å²) < 4.78 is 34.8. The molecule has 0 aliphatic carbocycles. The van der Waals surface area contributed by atoms with E-state index in [1.165, 1.54) is 10.6 Å². The van der Waals surface area contributed by atoms with Crippen LogP contribution in [0.2, 0.25) is 0 Å². The largest absolute Gasteiger partial charge is 0.357 e. The third-order valence-electron chi connectivity index (χ3n) is 5.64. The van der Waals surface area contributed by atoms with E-state index in [0.717, 1.165) is 5.56 Å². The molecule has 4 heterocycles. The molecule has 1 unspecified atom stereocenters. The minimum Gasteiger partial charge on any atom is -0.357 e. The monoisotopic (exact) mass is 526 g/mol. The first kappa shape index (κ1) is 23.1. The van der Waals surface area contributed by atoms with Gasteiger partial charge < -0.3 is 10.1 Å². The molecule has 13 heteroatoms. The Hall–Kier alpha value is -2.09. The molecule has 3 aromatic rings. The van der Waals surface area contributed by atoms with E-state index in [2.05, 4.69) is 41.4 Å². The van der Waals surface area contributed by atoms with Crippen LogP contribution in [0.1, 0.15) is 33.4 Å². The van der Waals surface area contributed by atoms with Gasteiger partial charge in [0.25, 0.3) is 0 Å². The molecule has 0 bridgehead atoms. The summed E-state index contributed by atoms with van der Waals surface area (Å²) in [6, 6.07) is 0.0786. The van der Waals surface area contributed by atoms with E-state index >= 15 is 0 Å². The highest BCUT2D eigenvalue weighted by atomic mass is 79.9. The second kappa shape index (κ2) is 9.04. The highest BCUT2D eigenvalue weighted by Gasteiger charge is 2.31. The lowest BCUT2D eigenvalue weighted by atomic mass is 9.95. The normalized spacial score (nSPS) is 21.2. The lowest BCUT2D eigenvalue weighted by Gasteiger charge is -2.35. The maximum atomic E-state index is 11.8. The van der Waals surface area contributed by atoms with Crippen molar-refractivity contribution in [2.45, 2.75) is 39.5 Å². The predicted molar refractivity (Wildman–Crippen MR) is 124 cm³/mol. The van der Waals surface area contributed by atoms with E-state index < -0.39 is 10.0 Å². The number of piperidine rings is 1. The molecule has 4 rings (SSSR count). The van der Waals surface area contributed by atoms with Crippen molar-refractivity contribution in [1.29, 1.82) is 0 Å². The van der Waals surface area contributed by atoms with Crippen LogP contribution in [0.4, 0.5) is 5.95 Å². The van der Waals surface area contributed by atoms with E-state index in [4.69, 9.17) is 4.74 Å². The van der Waals surface area contributed by atoms with Gasteiger partial charge in [0.1, 0.15) is 12.6 Å². The van der Waals surface area contributed by atoms with E-state index in [1.807, 2.05) is 27.0 Å². The molecular weight excluding hydrogens is 500 g/mol. The van der Waals surface area contributed by atoms with Gasteiger partial charge in [0, 0.05) is 37.5 Å². The highest BCUT2D eigenvalue weighted by Crippen LogP contribution is 2.30. The Morgan fingerprint density at radius 3 is 2.88 bits per heavy atom. The summed E-state index contributed by atoms with van der Waals surface area (Å²) in [6.07, 6.45) is 7.01. The Morgan fingerprint density at radius 2 is 2.19 bits per heavy atom. The second-order valence-electron chi connectivity index (χ2n) is 8.01. The molecule has 3 atom stereocenters. The van der Waals surface area contributed by atoms with Crippen molar-refractivity contribution < 1.29 is 13.2 Å². The van der Waals surface area contributed by atoms with E-state index in [0.29, 0.717) is 47.9 Å². The van der Waals surface area contributed by atoms with Crippen LogP contribution in [0.15, 0.2) is 23.2 Å². The zero-order valence-corrected chi connectivity index (χ0v) is 20.8. The number of rotatable bonds is 7. The molecule has 11 nitrogen and oxygen atoms in total. The Morgan fingerprint density at radius 1 is 1.41 bits per heavy atom. The zero-order valence-electron chi connectivity index (χ0n) is 18.4. The van der Waals surface area contributed by atoms with Gasteiger partial charge in [-0.15, -0.1) is 5.10 Å². The molecule has 0 radical (unpaired) electrons. The van der Waals surface area contributed by atoms with Crippen molar-refractivity contribution in [2.75, 3.05) is 31.3 Å². The van der Waals surface area contributed by atoms with E-state index in [-0.39, 0.29) is 18.2 Å². The molecule has 0 spiro atoms. The molecule has 1 fully saturated rings. The van der Waals surface area contributed by atoms with Crippen LogP contribution in [-0.4, -0.2) is 74.1 Å². The molecule has 0 saturated carbocycles. The molecule has 3 aromatic heterocycles. The van der Waals surface area contributed by atoms with Crippen molar-refractivity contribution in [3.8, 4) is 11.3 Å². The minimum atomic E-state index is -3.18. The van der Waals surface area contributed by atoms with Gasteiger partial charge in [-0.3, -0.25) is 0 Å². The van der Waals surface area contributed by atoms with Crippen LogP contribution in [-0.2, 0) is 14.8 Å². The molecule has 0 amide bonds. The Balaban J connectivity index is 1.54. The lowest BCUT2D eigenvalue weighted by molar-refractivity contribution is 0.0160. The van der Waals surface area contributed by atoms with Crippen LogP contribution < -0.4 is 5.32 Å². The van der Waals surface area contributed by atoms with Crippen molar-refractivity contribution >= 4 is 37.5 Å². The van der Waals surface area contributed by atoms with Gasteiger partial charge in [0.15, 0.2) is 5.65 Å². The maximum absolute atomic E-state index is 11.8. The number of anilines is 1. The van der Waals surface area contributed by atoms with Gasteiger partial charge in [0.05, 0.1) is 22.6 Å². The minimum absolute atomic E-state index is 0.0786. The third-order valence-corrected chi connectivity index (χ3v) is 7.64. The molecule has 1 aliphatic rings. The number of hydrogen-bond acceptors (Lipinski definition) is 8. The van der Waals surface area contributed by atoms with Crippen LogP contribution in [0.5, 0.6) is 0 Å². The molecule has 1 aliphatic heterocycles. The first-order chi connectivity index (χ1) is 15.2. The number of fused-ring (bicyclic) bond motifs is 1. The summed E-state index contributed by atoms with van der Waals surface area (Å²) in [4.78, 5) is 9.16. The van der Waals surface area contributed by atoms with Gasteiger partial charge in [-0.25, -0.2) is 22.4 Å². The van der Waals surface area contributed by atoms with E-state index in [9.17, 15) is 8.42 Å². The fraction of sp³-hybridized carbons (Fsp3) is 0.579. The van der Waals surface area contributed by atoms with Gasteiger partial charge in [0.2, 0.25) is 16.0 Å². The smallest absolute Gasteiger partial charge is 0.243 e. The number of nitrogens with zero attached hydrogens (tertiary/aromatic N) is 7. The average Bonchev–Trinajstić information content (AvgIpc) is 3.37. The fourth-order valence-corrected chi connectivity index (χ4v) is 5.40. The average molecular weight is 527 g/mol. The van der Waals surface area contributed by atoms with Crippen LogP contribution >= 0.6 is 15.9 Å². The first-order valence-corrected chi connectivity index (χ1v) is 13.1. The predicted octanol–water partition coefficient (Wildman–Crippen LogP) is 2.39. The number of halogens is 1. The number of hydrogen-bond donors (Lipinski definition) is 1. The van der Waals surface area contributed by atoms with E-state index in [1.54, 1.807) is 21.7 Å². The second-order valence-corrected chi connectivity index (χ2v) is 10.8. The molecule has 174 valence electrons. The third kappa shape index (κ3) is 4.65. The summed E-state index contributed by atoms with van der Waals surface area (Å²) in [6.45, 7) is 7.47. The Bertz CT molecular complexity index is 1210. The number of ether oxygens (including phenoxy) is 1. The summed E-state index contributed by atoms with van der Waals surface area (Å²) >= 11 is 3.62. The Kier molecular flexibility index (Phi) is 6.52. The number of aromatic nitrogens is 6. The van der Waals surface area contributed by atoms with Crippen molar-refractivity contribution in [2.24, 2.45) is 5.92 Å². The van der Waals surface area contributed by atoms with Crippen molar-refractivity contribution in [1.82, 2.24) is 33.7 Å². The standard InChI is InChI=1S/C19H27BrN8O3S/c1-5-31-13(3)27-10-14(8-22-27)17-16(20)18-24-19(25-28(18)11-21-17)23-15-6-7-26(9-12(15)2)32(4,29)30/h8,10-13,15H,5-7,9H2,1-4H3,(H,23,25)/t12-,13?,15+/m1/s1. The SMILES string of the molecule is CCOC(C)n1cc(-c2ncn3nc(N[C@H]4CCN(S(C)(=O)=O)C[C@H]4C)nc3c2Br)cn1. The van der Waals surface area contributed by atoms with Crippen LogP contribution in [0.25, 0.3) is 16.9 Å². The quantitative estimate of drug-likeness (QED) is 0.498. The maximum Gasteiger partial charge on any atom is 0.243 e. The summed E-state index contributed by atoms with van der Waals surface area (Å²) in [5.41, 5.74) is 2.18. The zero-order chi connectivity index (χ0) is 23.0. The molecule has 1 saturated heterocycles. The number of nitrogens with one attached hydrogen (secondary N) is 1. The van der Waals surface area contributed by atoms with Crippen LogP contribution in [0, 0.1) is 5.92 Å². The molecule has 0 aromatic carbocycles. The van der Waals surface area contributed by atoms with Gasteiger partial charge in [-0.2, -0.15) is 14.6 Å². The fourth-order valence-electron chi connectivity index (χ4n) is 3.86. The first-order valence-electron chi connectivity index (χ1n) is 10.5. The number of sulfonamides is 1. The molecule has 32 heavy (non-hydrogen) atoms. The summed E-state index contributed by atoms with van der Waals surface area (Å²) in [5, 5.41) is 12.2. The van der Waals surface area contributed by atoms with Crippen LogP contribution in [0.3, 0.4) is 0 Å². The molecule has 1 N–H and O–H groups in total. The van der Waals surface area contributed by atoms with Gasteiger partial charge in [-0.1, -0.05) is 6.92 Å². The topological polar surface area (TPSA) is 120 Å². The summed E-state index contributed by atoms with van der Waals surface area (Å²) in [7, 11) is -3.18. The Labute approximate surface area is 195 Å². The summed E-state index contributed by atoms with van der Waals surface area (Å²) in [5.74, 6) is 0.607. The van der Waals surface area contributed by atoms with Gasteiger partial charge in [-0.05, 0) is 42.1 Å². The van der Waals surface area contributed by atoms with Gasteiger partial charge >= 0.3 is 0 Å². The lowest BCUT2D eigenvalue weighted by Crippen LogP contribution is -2.47. The van der Waals surface area contributed by atoms with Crippen molar-refractivity contribution in [3.05, 3.63) is 23.2 Å².